The first-order valence-electron chi connectivity index (χ1n) is 11.2. The molecule has 1 aromatic heterocycles. The van der Waals surface area contributed by atoms with E-state index in [1.165, 1.54) is 0 Å². The van der Waals surface area contributed by atoms with E-state index in [0.29, 0.717) is 53.9 Å². The number of pyridine rings is 1. The first-order valence-corrected chi connectivity index (χ1v) is 11.2. The summed E-state index contributed by atoms with van der Waals surface area (Å²) >= 11 is 0. The Bertz CT molecular complexity index is 1320. The number of benzene rings is 2. The zero-order valence-electron chi connectivity index (χ0n) is 20.1. The number of hydrogen-bond acceptors (Lipinski definition) is 8. The van der Waals surface area contributed by atoms with E-state index in [-0.39, 0.29) is 11.5 Å². The van der Waals surface area contributed by atoms with Crippen molar-refractivity contribution < 1.29 is 28.5 Å². The van der Waals surface area contributed by atoms with Gasteiger partial charge in [-0.3, -0.25) is 14.7 Å². The Balaban J connectivity index is 1.50. The highest BCUT2D eigenvalue weighted by molar-refractivity contribution is 6.16. The molecule has 0 saturated heterocycles. The van der Waals surface area contributed by atoms with Crippen LogP contribution in [0.2, 0.25) is 0 Å². The topological polar surface area (TPSA) is 79.3 Å². The lowest BCUT2D eigenvalue weighted by molar-refractivity contribution is 0.0871. The third kappa shape index (κ3) is 4.17. The van der Waals surface area contributed by atoms with Crippen molar-refractivity contribution >= 4 is 11.9 Å². The second-order valence-electron chi connectivity index (χ2n) is 8.38. The SMILES string of the molecule is COc1cc(OC)c(OC)cc1/C=C1\Oc2c3c(cc(C)c2C1=O)OCN(Cc1cccnc1)C3. The van der Waals surface area contributed by atoms with E-state index in [0.717, 1.165) is 22.4 Å². The second-order valence-corrected chi connectivity index (χ2v) is 8.38. The normalized spacial score (nSPS) is 15.8. The summed E-state index contributed by atoms with van der Waals surface area (Å²) in [5.74, 6) is 2.91. The van der Waals surface area contributed by atoms with Gasteiger partial charge >= 0.3 is 0 Å². The van der Waals surface area contributed by atoms with Crippen LogP contribution in [0.15, 0.2) is 48.5 Å². The van der Waals surface area contributed by atoms with Crippen molar-refractivity contribution in [3.8, 4) is 28.7 Å². The van der Waals surface area contributed by atoms with Crippen molar-refractivity contribution in [1.82, 2.24) is 9.88 Å². The molecule has 8 nitrogen and oxygen atoms in total. The third-order valence-corrected chi connectivity index (χ3v) is 6.14. The maximum Gasteiger partial charge on any atom is 0.232 e. The van der Waals surface area contributed by atoms with Crippen molar-refractivity contribution in [2.45, 2.75) is 20.0 Å². The highest BCUT2D eigenvalue weighted by Gasteiger charge is 2.35. The molecule has 0 radical (unpaired) electrons. The van der Waals surface area contributed by atoms with Crippen LogP contribution < -0.4 is 23.7 Å². The van der Waals surface area contributed by atoms with E-state index >= 15 is 0 Å². The van der Waals surface area contributed by atoms with Crippen molar-refractivity contribution in [3.05, 3.63) is 76.3 Å². The lowest BCUT2D eigenvalue weighted by Crippen LogP contribution is -2.31. The van der Waals surface area contributed by atoms with Gasteiger partial charge in [-0.2, -0.15) is 0 Å². The average molecular weight is 475 g/mol. The number of ketones is 1. The summed E-state index contributed by atoms with van der Waals surface area (Å²) in [7, 11) is 4.67. The van der Waals surface area contributed by atoms with Gasteiger partial charge in [0, 0.05) is 37.1 Å². The zero-order chi connectivity index (χ0) is 24.5. The molecule has 3 aromatic rings. The molecule has 5 rings (SSSR count). The molecule has 2 aromatic carbocycles. The molecular formula is C27H26N2O6. The van der Waals surface area contributed by atoms with Gasteiger partial charge in [0.05, 0.1) is 32.5 Å². The fourth-order valence-electron chi connectivity index (χ4n) is 4.43. The Hall–Kier alpha value is -4.04. The molecular weight excluding hydrogens is 448 g/mol. The first-order chi connectivity index (χ1) is 17.0. The highest BCUT2D eigenvalue weighted by atomic mass is 16.5. The minimum Gasteiger partial charge on any atom is -0.496 e. The van der Waals surface area contributed by atoms with Gasteiger partial charge in [0.25, 0.3) is 0 Å². The number of allylic oxidation sites excluding steroid dienone is 1. The molecule has 0 aliphatic carbocycles. The van der Waals surface area contributed by atoms with Crippen molar-refractivity contribution in [2.24, 2.45) is 0 Å². The number of methoxy groups -OCH3 is 3. The van der Waals surface area contributed by atoms with Crippen LogP contribution >= 0.6 is 0 Å². The number of carbonyl (C=O) groups excluding carboxylic acids is 1. The van der Waals surface area contributed by atoms with Crippen LogP contribution in [0.1, 0.15) is 32.6 Å². The van der Waals surface area contributed by atoms with Crippen LogP contribution in [0.25, 0.3) is 6.08 Å². The molecule has 0 saturated carbocycles. The van der Waals surface area contributed by atoms with Crippen LogP contribution in [0.5, 0.6) is 28.7 Å². The van der Waals surface area contributed by atoms with E-state index in [9.17, 15) is 4.79 Å². The molecule has 180 valence electrons. The van der Waals surface area contributed by atoms with Gasteiger partial charge < -0.3 is 23.7 Å². The van der Waals surface area contributed by atoms with Crippen LogP contribution in [-0.2, 0) is 13.1 Å². The van der Waals surface area contributed by atoms with Crippen LogP contribution in [0.3, 0.4) is 0 Å². The summed E-state index contributed by atoms with van der Waals surface area (Å²) < 4.78 is 28.5. The van der Waals surface area contributed by atoms with Crippen LogP contribution in [0, 0.1) is 6.92 Å². The molecule has 2 aliphatic rings. The van der Waals surface area contributed by atoms with Crippen molar-refractivity contribution in [1.29, 1.82) is 0 Å². The molecule has 0 N–H and O–H groups in total. The van der Waals surface area contributed by atoms with Crippen LogP contribution in [-0.4, -0.2) is 43.7 Å². The number of fused-ring (bicyclic) bond motifs is 3. The quantitative estimate of drug-likeness (QED) is 0.487. The van der Waals surface area contributed by atoms with Crippen LogP contribution in [0.4, 0.5) is 0 Å². The summed E-state index contributed by atoms with van der Waals surface area (Å²) in [4.78, 5) is 19.7. The predicted molar refractivity (Wildman–Crippen MR) is 129 cm³/mol. The fourth-order valence-corrected chi connectivity index (χ4v) is 4.43. The minimum absolute atomic E-state index is 0.179. The molecule has 0 amide bonds. The predicted octanol–water partition coefficient (Wildman–Crippen LogP) is 4.38. The molecule has 0 unspecified atom stereocenters. The molecule has 0 bridgehead atoms. The smallest absolute Gasteiger partial charge is 0.232 e. The Morgan fingerprint density at radius 3 is 2.57 bits per heavy atom. The average Bonchev–Trinajstić information content (AvgIpc) is 3.21. The zero-order valence-corrected chi connectivity index (χ0v) is 20.1. The molecule has 2 aliphatic heterocycles. The molecule has 3 heterocycles. The Labute approximate surface area is 203 Å². The van der Waals surface area contributed by atoms with Crippen molar-refractivity contribution in [3.63, 3.8) is 0 Å². The molecule has 0 spiro atoms. The van der Waals surface area contributed by atoms with Crippen molar-refractivity contribution in [2.75, 3.05) is 28.1 Å². The maximum atomic E-state index is 13.4. The summed E-state index contributed by atoms with van der Waals surface area (Å²) in [6.45, 7) is 3.60. The second kappa shape index (κ2) is 9.31. The fraction of sp³-hybridized carbons (Fsp3) is 0.259. The van der Waals surface area contributed by atoms with E-state index in [1.54, 1.807) is 45.7 Å². The van der Waals surface area contributed by atoms with Gasteiger partial charge in [-0.1, -0.05) is 6.07 Å². The summed E-state index contributed by atoms with van der Waals surface area (Å²) in [5, 5.41) is 0. The number of nitrogens with zero attached hydrogens (tertiary/aromatic N) is 2. The van der Waals surface area contributed by atoms with E-state index in [2.05, 4.69) is 9.88 Å². The molecule has 0 fully saturated rings. The third-order valence-electron chi connectivity index (χ3n) is 6.14. The van der Waals surface area contributed by atoms with Gasteiger partial charge in [-0.25, -0.2) is 0 Å². The number of carbonyl (C=O) groups is 1. The van der Waals surface area contributed by atoms with E-state index < -0.39 is 0 Å². The standard InChI is InChI=1S/C27H26N2O6/c1-16-8-21-19(14-29(15-34-21)13-17-6-5-7-28-12-17)27-25(16)26(30)24(35-27)10-18-9-22(32-3)23(33-4)11-20(18)31-2/h5-12H,13-15H2,1-4H3/b24-10-. The maximum absolute atomic E-state index is 13.4. The number of rotatable bonds is 6. The lowest BCUT2D eigenvalue weighted by Gasteiger charge is -2.30. The molecule has 8 heteroatoms. The molecule has 0 atom stereocenters. The van der Waals surface area contributed by atoms with Gasteiger partial charge in [-0.15, -0.1) is 0 Å². The monoisotopic (exact) mass is 474 g/mol. The Morgan fingerprint density at radius 1 is 1.09 bits per heavy atom. The van der Waals surface area contributed by atoms with Gasteiger partial charge in [0.15, 0.2) is 17.3 Å². The number of Topliss-reactive ketones (excluding diaryl/α,β-unsaturated/α-hetero) is 1. The van der Waals surface area contributed by atoms with E-state index in [1.807, 2.05) is 31.3 Å². The minimum atomic E-state index is -0.179. The Morgan fingerprint density at radius 2 is 1.86 bits per heavy atom. The van der Waals surface area contributed by atoms with Gasteiger partial charge in [0.2, 0.25) is 5.78 Å². The summed E-state index contributed by atoms with van der Waals surface area (Å²) in [6, 6.07) is 9.33. The van der Waals surface area contributed by atoms with Gasteiger partial charge in [-0.05, 0) is 42.3 Å². The molecule has 35 heavy (non-hydrogen) atoms. The number of hydrogen-bond donors (Lipinski definition) is 0. The first kappa shape index (κ1) is 22.7. The van der Waals surface area contributed by atoms with E-state index in [4.69, 9.17) is 23.7 Å². The number of aryl methyl sites for hydroxylation is 1. The summed E-state index contributed by atoms with van der Waals surface area (Å²) in [6.07, 6.45) is 5.26. The lowest BCUT2D eigenvalue weighted by atomic mass is 9.98. The van der Waals surface area contributed by atoms with Gasteiger partial charge in [0.1, 0.15) is 24.0 Å². The number of aromatic nitrogens is 1. The largest absolute Gasteiger partial charge is 0.496 e. The highest BCUT2D eigenvalue weighted by Crippen LogP contribution is 2.45. The summed E-state index contributed by atoms with van der Waals surface area (Å²) in [5.41, 5.74) is 3.95. The Kier molecular flexibility index (Phi) is 6.05. The number of ether oxygens (including phenoxy) is 5.